The minimum Gasteiger partial charge on any atom is -0.392 e. The summed E-state index contributed by atoms with van der Waals surface area (Å²) in [6.45, 7) is 4.08. The molecule has 0 atom stereocenters. The highest BCUT2D eigenvalue weighted by molar-refractivity contribution is 5.21. The van der Waals surface area contributed by atoms with Crippen molar-refractivity contribution in [2.75, 3.05) is 0 Å². The van der Waals surface area contributed by atoms with E-state index in [9.17, 15) is 0 Å². The van der Waals surface area contributed by atoms with Gasteiger partial charge in [0.05, 0.1) is 6.61 Å². The van der Waals surface area contributed by atoms with Crippen molar-refractivity contribution in [3.8, 4) is 0 Å². The van der Waals surface area contributed by atoms with Crippen molar-refractivity contribution in [3.05, 3.63) is 29.1 Å². The average molecular weight is 151 g/mol. The molecule has 0 radical (unpaired) electrons. The zero-order valence-electron chi connectivity index (χ0n) is 6.96. The van der Waals surface area contributed by atoms with E-state index in [2.05, 4.69) is 11.9 Å². The molecule has 1 rings (SSSR count). The molecule has 1 aromatic heterocycles. The Morgan fingerprint density at radius 1 is 1.45 bits per heavy atom. The molecular formula is C9H13NO. The summed E-state index contributed by atoms with van der Waals surface area (Å²) in [5, 5.41) is 8.84. The van der Waals surface area contributed by atoms with Gasteiger partial charge in [-0.1, -0.05) is 13.0 Å². The molecule has 60 valence electrons. The number of aliphatic hydroxyl groups is 1. The standard InChI is InChI=1S/C9H13NO/c1-3-9-5-4-8(6-11)7(2)10-9/h4-5,11H,3,6H2,1-2H3. The summed E-state index contributed by atoms with van der Waals surface area (Å²) in [5.41, 5.74) is 2.94. The maximum Gasteiger partial charge on any atom is 0.0699 e. The maximum absolute atomic E-state index is 8.84. The van der Waals surface area contributed by atoms with E-state index in [1.54, 1.807) is 0 Å². The monoisotopic (exact) mass is 151 g/mol. The van der Waals surface area contributed by atoms with E-state index in [0.717, 1.165) is 23.4 Å². The minimum atomic E-state index is 0.0861. The van der Waals surface area contributed by atoms with E-state index in [4.69, 9.17) is 5.11 Å². The third kappa shape index (κ3) is 1.77. The largest absolute Gasteiger partial charge is 0.392 e. The van der Waals surface area contributed by atoms with Gasteiger partial charge in [0.15, 0.2) is 0 Å². The van der Waals surface area contributed by atoms with Gasteiger partial charge < -0.3 is 5.11 Å². The third-order valence-corrected chi connectivity index (χ3v) is 1.79. The molecule has 2 heteroatoms. The Morgan fingerprint density at radius 2 is 2.18 bits per heavy atom. The second-order valence-electron chi connectivity index (χ2n) is 2.56. The number of aromatic nitrogens is 1. The van der Waals surface area contributed by atoms with Crippen molar-refractivity contribution in [2.24, 2.45) is 0 Å². The lowest BCUT2D eigenvalue weighted by Gasteiger charge is -2.02. The van der Waals surface area contributed by atoms with Crippen LogP contribution in [0.1, 0.15) is 23.9 Å². The van der Waals surface area contributed by atoms with Gasteiger partial charge in [0.1, 0.15) is 0 Å². The predicted molar refractivity (Wildman–Crippen MR) is 44.3 cm³/mol. The second-order valence-corrected chi connectivity index (χ2v) is 2.56. The molecule has 1 aromatic rings. The first-order chi connectivity index (χ1) is 5.27. The molecule has 0 unspecified atom stereocenters. The molecule has 0 aliphatic rings. The van der Waals surface area contributed by atoms with Crippen molar-refractivity contribution in [2.45, 2.75) is 26.9 Å². The highest BCUT2D eigenvalue weighted by Crippen LogP contribution is 2.06. The highest BCUT2D eigenvalue weighted by Gasteiger charge is 1.97. The first-order valence-corrected chi connectivity index (χ1v) is 3.84. The molecule has 0 spiro atoms. The molecule has 0 aliphatic heterocycles. The third-order valence-electron chi connectivity index (χ3n) is 1.79. The van der Waals surface area contributed by atoms with Gasteiger partial charge in [-0.15, -0.1) is 0 Å². The van der Waals surface area contributed by atoms with Crippen LogP contribution >= 0.6 is 0 Å². The second kappa shape index (κ2) is 3.49. The van der Waals surface area contributed by atoms with Crippen LogP contribution in [0.2, 0.25) is 0 Å². The summed E-state index contributed by atoms with van der Waals surface area (Å²) >= 11 is 0. The van der Waals surface area contributed by atoms with Crippen molar-refractivity contribution in [3.63, 3.8) is 0 Å². The Balaban J connectivity index is 2.99. The van der Waals surface area contributed by atoms with Crippen molar-refractivity contribution in [1.29, 1.82) is 0 Å². The van der Waals surface area contributed by atoms with Gasteiger partial charge in [-0.05, 0) is 25.0 Å². The number of hydrogen-bond donors (Lipinski definition) is 1. The SMILES string of the molecule is CCc1ccc(CO)c(C)n1. The summed E-state index contributed by atoms with van der Waals surface area (Å²) in [6, 6.07) is 3.89. The van der Waals surface area contributed by atoms with E-state index >= 15 is 0 Å². The molecule has 0 aliphatic carbocycles. The Morgan fingerprint density at radius 3 is 2.64 bits per heavy atom. The van der Waals surface area contributed by atoms with E-state index in [1.807, 2.05) is 19.1 Å². The van der Waals surface area contributed by atoms with Gasteiger partial charge in [-0.3, -0.25) is 4.98 Å². The van der Waals surface area contributed by atoms with Crippen molar-refractivity contribution < 1.29 is 5.11 Å². The number of aliphatic hydroxyl groups excluding tert-OH is 1. The van der Waals surface area contributed by atoms with Gasteiger partial charge >= 0.3 is 0 Å². The fraction of sp³-hybridized carbons (Fsp3) is 0.444. The highest BCUT2D eigenvalue weighted by atomic mass is 16.3. The fourth-order valence-electron chi connectivity index (χ4n) is 1.01. The van der Waals surface area contributed by atoms with E-state index < -0.39 is 0 Å². The number of pyridine rings is 1. The van der Waals surface area contributed by atoms with Gasteiger partial charge in [-0.25, -0.2) is 0 Å². The van der Waals surface area contributed by atoms with Crippen LogP contribution in [0.5, 0.6) is 0 Å². The number of aryl methyl sites for hydroxylation is 2. The smallest absolute Gasteiger partial charge is 0.0699 e. The summed E-state index contributed by atoms with van der Waals surface area (Å²) in [7, 11) is 0. The van der Waals surface area contributed by atoms with Crippen molar-refractivity contribution in [1.82, 2.24) is 4.98 Å². The lowest BCUT2D eigenvalue weighted by Crippen LogP contribution is -1.95. The molecule has 0 saturated heterocycles. The topological polar surface area (TPSA) is 33.1 Å². The summed E-state index contributed by atoms with van der Waals surface area (Å²) in [5.74, 6) is 0. The zero-order valence-corrected chi connectivity index (χ0v) is 6.96. The molecule has 0 saturated carbocycles. The molecule has 0 amide bonds. The Hall–Kier alpha value is -0.890. The Kier molecular flexibility index (Phi) is 2.60. The van der Waals surface area contributed by atoms with Crippen LogP contribution in [0.4, 0.5) is 0 Å². The van der Waals surface area contributed by atoms with Crippen LogP contribution in [0.15, 0.2) is 12.1 Å². The van der Waals surface area contributed by atoms with E-state index in [-0.39, 0.29) is 6.61 Å². The maximum atomic E-state index is 8.84. The number of hydrogen-bond acceptors (Lipinski definition) is 2. The molecule has 0 aromatic carbocycles. The first-order valence-electron chi connectivity index (χ1n) is 3.84. The van der Waals surface area contributed by atoms with Crippen molar-refractivity contribution >= 4 is 0 Å². The summed E-state index contributed by atoms with van der Waals surface area (Å²) in [6.07, 6.45) is 0.951. The molecule has 0 fully saturated rings. The van der Waals surface area contributed by atoms with Crippen LogP contribution in [0, 0.1) is 6.92 Å². The van der Waals surface area contributed by atoms with Crippen LogP contribution in [-0.2, 0) is 13.0 Å². The zero-order chi connectivity index (χ0) is 8.27. The Bertz CT molecular complexity index is 245. The summed E-state index contributed by atoms with van der Waals surface area (Å²) < 4.78 is 0. The van der Waals surface area contributed by atoms with Crippen LogP contribution in [-0.4, -0.2) is 10.1 Å². The quantitative estimate of drug-likeness (QED) is 0.693. The predicted octanol–water partition coefficient (Wildman–Crippen LogP) is 1.44. The minimum absolute atomic E-state index is 0.0861. The first kappa shape index (κ1) is 8.21. The van der Waals surface area contributed by atoms with E-state index in [1.165, 1.54) is 0 Å². The fourth-order valence-corrected chi connectivity index (χ4v) is 1.01. The number of nitrogens with zero attached hydrogens (tertiary/aromatic N) is 1. The van der Waals surface area contributed by atoms with Gasteiger partial charge in [0.25, 0.3) is 0 Å². The van der Waals surface area contributed by atoms with E-state index in [0.29, 0.717) is 0 Å². The van der Waals surface area contributed by atoms with Gasteiger partial charge in [0, 0.05) is 11.4 Å². The van der Waals surface area contributed by atoms with Gasteiger partial charge in [0.2, 0.25) is 0 Å². The number of rotatable bonds is 2. The molecule has 2 nitrogen and oxygen atoms in total. The molecule has 1 N–H and O–H groups in total. The van der Waals surface area contributed by atoms with Crippen LogP contribution in [0.3, 0.4) is 0 Å². The normalized spacial score (nSPS) is 10.1. The molecule has 1 heterocycles. The average Bonchev–Trinajstić information content (AvgIpc) is 2.04. The van der Waals surface area contributed by atoms with Gasteiger partial charge in [-0.2, -0.15) is 0 Å². The lowest BCUT2D eigenvalue weighted by atomic mass is 10.2. The lowest BCUT2D eigenvalue weighted by molar-refractivity contribution is 0.280. The van der Waals surface area contributed by atoms with Crippen LogP contribution < -0.4 is 0 Å². The summed E-state index contributed by atoms with van der Waals surface area (Å²) in [4.78, 5) is 4.30. The molecular weight excluding hydrogens is 138 g/mol. The molecule has 11 heavy (non-hydrogen) atoms. The Labute approximate surface area is 66.9 Å². The molecule has 0 bridgehead atoms. The van der Waals surface area contributed by atoms with Crippen LogP contribution in [0.25, 0.3) is 0 Å².